The van der Waals surface area contributed by atoms with Crippen molar-refractivity contribution in [3.63, 3.8) is 0 Å². The van der Waals surface area contributed by atoms with Crippen LogP contribution in [0.2, 0.25) is 0 Å². The first-order chi connectivity index (χ1) is 10.1. The van der Waals surface area contributed by atoms with E-state index in [0.29, 0.717) is 6.42 Å². The summed E-state index contributed by atoms with van der Waals surface area (Å²) in [6.45, 7) is 4.90. The van der Waals surface area contributed by atoms with Crippen LogP contribution in [-0.2, 0) is 11.3 Å². The van der Waals surface area contributed by atoms with Gasteiger partial charge >= 0.3 is 0 Å². The summed E-state index contributed by atoms with van der Waals surface area (Å²) >= 11 is 3.46. The molecule has 112 valence electrons. The van der Waals surface area contributed by atoms with Gasteiger partial charge in [-0.1, -0.05) is 17.7 Å². The molecular weight excluding hydrogens is 298 g/mol. The zero-order valence-corrected chi connectivity index (χ0v) is 14.4. The molecule has 1 aromatic heterocycles. The average molecular weight is 319 g/mol. The highest BCUT2D eigenvalue weighted by molar-refractivity contribution is 7.99. The van der Waals surface area contributed by atoms with E-state index in [2.05, 4.69) is 49.6 Å². The Morgan fingerprint density at radius 3 is 2.52 bits per heavy atom. The van der Waals surface area contributed by atoms with E-state index in [0.717, 1.165) is 12.3 Å². The summed E-state index contributed by atoms with van der Waals surface area (Å²) in [5, 5.41) is 2.08. The van der Waals surface area contributed by atoms with E-state index in [1.807, 2.05) is 11.9 Å². The summed E-state index contributed by atoms with van der Waals surface area (Å²) in [6, 6.07) is 10.5. The molecule has 0 aliphatic rings. The van der Waals surface area contributed by atoms with Crippen LogP contribution in [0, 0.1) is 13.8 Å². The molecule has 0 aliphatic carbocycles. The molecule has 0 saturated heterocycles. The van der Waals surface area contributed by atoms with E-state index >= 15 is 0 Å². The summed E-state index contributed by atoms with van der Waals surface area (Å²) in [5.41, 5.74) is 2.54. The number of amides is 1. The minimum absolute atomic E-state index is 0.211. The van der Waals surface area contributed by atoms with Crippen LogP contribution in [0.3, 0.4) is 0 Å². The summed E-state index contributed by atoms with van der Waals surface area (Å²) in [5.74, 6) is 1.04. The third-order valence-electron chi connectivity index (χ3n) is 3.38. The molecule has 1 heterocycles. The van der Waals surface area contributed by atoms with Gasteiger partial charge in [-0.3, -0.25) is 4.79 Å². The van der Waals surface area contributed by atoms with Crippen molar-refractivity contribution in [1.29, 1.82) is 0 Å². The third kappa shape index (κ3) is 4.90. The van der Waals surface area contributed by atoms with Crippen molar-refractivity contribution in [2.75, 3.05) is 12.8 Å². The van der Waals surface area contributed by atoms with Crippen LogP contribution in [-0.4, -0.2) is 23.6 Å². The first-order valence-corrected chi connectivity index (χ1v) is 8.89. The second kappa shape index (κ2) is 7.66. The van der Waals surface area contributed by atoms with Gasteiger partial charge in [-0.2, -0.15) is 0 Å². The Bertz CT molecular complexity index is 589. The molecule has 21 heavy (non-hydrogen) atoms. The second-order valence-corrected chi connectivity index (χ2v) is 7.36. The molecule has 0 saturated carbocycles. The molecule has 2 rings (SSSR count). The lowest BCUT2D eigenvalue weighted by molar-refractivity contribution is -0.129. The number of rotatable bonds is 6. The molecule has 1 amide bonds. The summed E-state index contributed by atoms with van der Waals surface area (Å²) < 4.78 is 0. The highest BCUT2D eigenvalue weighted by atomic mass is 32.2. The zero-order valence-electron chi connectivity index (χ0n) is 12.8. The number of nitrogens with zero attached hydrogens (tertiary/aromatic N) is 1. The Kier molecular flexibility index (Phi) is 5.88. The van der Waals surface area contributed by atoms with Crippen molar-refractivity contribution >= 4 is 29.0 Å². The first kappa shape index (κ1) is 16.1. The van der Waals surface area contributed by atoms with Crippen LogP contribution in [0.5, 0.6) is 0 Å². The highest BCUT2D eigenvalue weighted by Gasteiger charge is 2.11. The van der Waals surface area contributed by atoms with Crippen molar-refractivity contribution in [2.45, 2.75) is 31.7 Å². The number of hydrogen-bond acceptors (Lipinski definition) is 3. The van der Waals surface area contributed by atoms with Crippen molar-refractivity contribution in [1.82, 2.24) is 4.90 Å². The van der Waals surface area contributed by atoms with Gasteiger partial charge in [0, 0.05) is 29.0 Å². The molecule has 0 unspecified atom stereocenters. The monoisotopic (exact) mass is 319 g/mol. The molecular formula is C17H21NOS2. The van der Waals surface area contributed by atoms with Gasteiger partial charge in [-0.25, -0.2) is 0 Å². The average Bonchev–Trinajstić information content (AvgIpc) is 2.86. The van der Waals surface area contributed by atoms with E-state index in [-0.39, 0.29) is 5.91 Å². The fraction of sp³-hybridized carbons (Fsp3) is 0.353. The Hall–Kier alpha value is -1.26. The lowest BCUT2D eigenvalue weighted by atomic mass is 10.2. The molecule has 1 aromatic carbocycles. The number of thioether (sulfide) groups is 1. The van der Waals surface area contributed by atoms with Crippen LogP contribution in [0.15, 0.2) is 40.6 Å². The minimum atomic E-state index is 0.211. The molecule has 0 radical (unpaired) electrons. The van der Waals surface area contributed by atoms with Crippen LogP contribution in [0.4, 0.5) is 0 Å². The Morgan fingerprint density at radius 1 is 1.19 bits per heavy atom. The van der Waals surface area contributed by atoms with Gasteiger partial charge in [0.1, 0.15) is 0 Å². The lowest BCUT2D eigenvalue weighted by Crippen LogP contribution is -2.26. The van der Waals surface area contributed by atoms with Gasteiger partial charge in [0.05, 0.1) is 6.54 Å². The normalized spacial score (nSPS) is 10.6. The molecule has 0 aliphatic heterocycles. The molecule has 0 atom stereocenters. The van der Waals surface area contributed by atoms with E-state index in [4.69, 9.17) is 0 Å². The predicted molar refractivity (Wildman–Crippen MR) is 92.1 cm³/mol. The molecule has 0 N–H and O–H groups in total. The summed E-state index contributed by atoms with van der Waals surface area (Å²) in [7, 11) is 1.89. The Labute approximate surface area is 135 Å². The number of benzene rings is 1. The molecule has 0 fully saturated rings. The van der Waals surface area contributed by atoms with E-state index in [1.54, 1.807) is 23.1 Å². The summed E-state index contributed by atoms with van der Waals surface area (Å²) in [6.07, 6.45) is 0.583. The van der Waals surface area contributed by atoms with Gasteiger partial charge in [0.2, 0.25) is 5.91 Å². The van der Waals surface area contributed by atoms with Crippen molar-refractivity contribution in [3.05, 3.63) is 51.7 Å². The maximum Gasteiger partial charge on any atom is 0.223 e. The highest BCUT2D eigenvalue weighted by Crippen LogP contribution is 2.20. The van der Waals surface area contributed by atoms with Gasteiger partial charge in [-0.05, 0) is 43.0 Å². The maximum atomic E-state index is 12.1. The van der Waals surface area contributed by atoms with Crippen LogP contribution in [0.25, 0.3) is 0 Å². The predicted octanol–water partition coefficient (Wildman–Crippen LogP) is 4.51. The van der Waals surface area contributed by atoms with Gasteiger partial charge in [-0.15, -0.1) is 23.1 Å². The van der Waals surface area contributed by atoms with Crippen molar-refractivity contribution in [2.24, 2.45) is 0 Å². The second-order valence-electron chi connectivity index (χ2n) is 5.19. The molecule has 2 nitrogen and oxygen atoms in total. The Balaban J connectivity index is 1.76. The Morgan fingerprint density at radius 2 is 1.90 bits per heavy atom. The molecule has 0 bridgehead atoms. The quantitative estimate of drug-likeness (QED) is 0.730. The lowest BCUT2D eigenvalue weighted by Gasteiger charge is -2.16. The van der Waals surface area contributed by atoms with Crippen LogP contribution >= 0.6 is 23.1 Å². The number of carbonyl (C=O) groups is 1. The molecule has 0 spiro atoms. The van der Waals surface area contributed by atoms with E-state index < -0.39 is 0 Å². The molecule has 4 heteroatoms. The fourth-order valence-electron chi connectivity index (χ4n) is 1.95. The number of thiophene rings is 1. The number of carbonyl (C=O) groups excluding carboxylic acids is 1. The van der Waals surface area contributed by atoms with Crippen molar-refractivity contribution < 1.29 is 4.79 Å². The third-order valence-corrected chi connectivity index (χ3v) is 5.40. The van der Waals surface area contributed by atoms with Gasteiger partial charge in [0.15, 0.2) is 0 Å². The zero-order chi connectivity index (χ0) is 15.2. The number of aryl methyl sites for hydroxylation is 2. The number of hydrogen-bond donors (Lipinski definition) is 0. The minimum Gasteiger partial charge on any atom is -0.341 e. The summed E-state index contributed by atoms with van der Waals surface area (Å²) in [4.78, 5) is 16.5. The van der Waals surface area contributed by atoms with Gasteiger partial charge in [0.25, 0.3) is 0 Å². The van der Waals surface area contributed by atoms with Crippen LogP contribution in [0.1, 0.15) is 22.4 Å². The topological polar surface area (TPSA) is 20.3 Å². The fourth-order valence-corrected chi connectivity index (χ4v) is 3.75. The van der Waals surface area contributed by atoms with Gasteiger partial charge < -0.3 is 4.90 Å². The largest absolute Gasteiger partial charge is 0.341 e. The SMILES string of the molecule is Cc1ccc(SCCC(=O)N(C)Cc2sccc2C)cc1. The standard InChI is InChI=1S/C17H21NOS2/c1-13-4-6-15(7-5-13)20-11-9-17(19)18(3)12-16-14(2)8-10-21-16/h4-8,10H,9,11-12H2,1-3H3. The smallest absolute Gasteiger partial charge is 0.223 e. The maximum absolute atomic E-state index is 12.1. The van der Waals surface area contributed by atoms with E-state index in [1.165, 1.54) is 20.9 Å². The first-order valence-electron chi connectivity index (χ1n) is 7.02. The molecule has 2 aromatic rings. The van der Waals surface area contributed by atoms with Crippen molar-refractivity contribution in [3.8, 4) is 0 Å². The van der Waals surface area contributed by atoms with E-state index in [9.17, 15) is 4.79 Å². The van der Waals surface area contributed by atoms with Crippen LogP contribution < -0.4 is 0 Å².